The van der Waals surface area contributed by atoms with E-state index in [9.17, 15) is 10.2 Å². The summed E-state index contributed by atoms with van der Waals surface area (Å²) in [7, 11) is 0. The maximum atomic E-state index is 15.7. The highest BCUT2D eigenvalue weighted by molar-refractivity contribution is 6.31. The summed E-state index contributed by atoms with van der Waals surface area (Å²) < 4.78 is 5.95. The van der Waals surface area contributed by atoms with Crippen molar-refractivity contribution in [2.45, 2.75) is 99.6 Å². The summed E-state index contributed by atoms with van der Waals surface area (Å²) in [5, 5.41) is 30.0. The highest BCUT2D eigenvalue weighted by Gasteiger charge is 2.77. The van der Waals surface area contributed by atoms with Gasteiger partial charge in [0.25, 0.3) is 0 Å². The van der Waals surface area contributed by atoms with Crippen molar-refractivity contribution < 1.29 is 24.5 Å². The molecule has 7 atom stereocenters. The van der Waals surface area contributed by atoms with E-state index in [2.05, 4.69) is 34.4 Å². The number of carbonyl (C=O) groups excluding carboxylic acids is 2. The van der Waals surface area contributed by atoms with Crippen LogP contribution in [0.1, 0.15) is 92.7 Å². The Bertz CT molecular complexity index is 2030. The summed E-state index contributed by atoms with van der Waals surface area (Å²) >= 11 is 13.3. The van der Waals surface area contributed by atoms with E-state index in [1.807, 2.05) is 78.9 Å². The average Bonchev–Trinajstić information content (AvgIpc) is 3.62. The van der Waals surface area contributed by atoms with Crippen molar-refractivity contribution in [1.82, 2.24) is 15.2 Å². The Morgan fingerprint density at radius 2 is 1.65 bits per heavy atom. The number of amides is 2. The van der Waals surface area contributed by atoms with E-state index in [-0.39, 0.29) is 47.7 Å². The number of hydrogen-bond donors (Lipinski definition) is 4. The molecule has 2 saturated heterocycles. The second kappa shape index (κ2) is 14.9. The van der Waals surface area contributed by atoms with Crippen LogP contribution in [0.2, 0.25) is 10.2 Å². The number of aliphatic hydroxyl groups is 2. The lowest BCUT2D eigenvalue weighted by atomic mass is 9.53. The number of anilines is 1. The Hall–Kier alpha value is -3.83. The van der Waals surface area contributed by atoms with Gasteiger partial charge < -0.3 is 25.6 Å². The second-order valence-corrected chi connectivity index (χ2v) is 17.3. The molecule has 3 aromatic carbocycles. The number of nitrogens with one attached hydrogen (secondary N) is 2. The van der Waals surface area contributed by atoms with Gasteiger partial charge >= 0.3 is 0 Å². The zero-order valence-electron chi connectivity index (χ0n) is 31.1. The molecule has 2 spiro atoms. The molecule has 8 rings (SSSR count). The molecule has 9 nitrogen and oxygen atoms in total. The number of rotatable bonds is 8. The van der Waals surface area contributed by atoms with E-state index in [4.69, 9.17) is 27.9 Å². The minimum atomic E-state index is -1.33. The molecule has 1 aromatic heterocycles. The molecule has 3 fully saturated rings. The van der Waals surface area contributed by atoms with Gasteiger partial charge in [-0.1, -0.05) is 104 Å². The Morgan fingerprint density at radius 3 is 2.29 bits per heavy atom. The minimum absolute atomic E-state index is 0.0329. The van der Waals surface area contributed by atoms with Crippen molar-refractivity contribution >= 4 is 40.7 Å². The number of fused-ring (bicyclic) bond motifs is 3. The number of hydrogen-bond acceptors (Lipinski definition) is 7. The first-order valence-electron chi connectivity index (χ1n) is 19.3. The van der Waals surface area contributed by atoms with Gasteiger partial charge in [0.2, 0.25) is 11.8 Å². The van der Waals surface area contributed by atoms with Gasteiger partial charge in [0.1, 0.15) is 10.6 Å². The van der Waals surface area contributed by atoms with Crippen molar-refractivity contribution in [2.24, 2.45) is 5.41 Å². The highest BCUT2D eigenvalue weighted by Crippen LogP contribution is 2.69. The van der Waals surface area contributed by atoms with E-state index in [0.29, 0.717) is 47.5 Å². The molecule has 55 heavy (non-hydrogen) atoms. The monoisotopic (exact) mass is 782 g/mol. The molecule has 4 aliphatic rings. The Morgan fingerprint density at radius 1 is 0.964 bits per heavy atom. The third-order valence-electron chi connectivity index (χ3n) is 12.9. The van der Waals surface area contributed by atoms with Crippen LogP contribution in [0.3, 0.4) is 0 Å². The van der Waals surface area contributed by atoms with E-state index in [1.54, 1.807) is 18.3 Å². The van der Waals surface area contributed by atoms with Crippen LogP contribution in [0, 0.1) is 5.41 Å². The normalized spacial score (nSPS) is 28.1. The van der Waals surface area contributed by atoms with Gasteiger partial charge in [-0.05, 0) is 90.5 Å². The summed E-state index contributed by atoms with van der Waals surface area (Å²) in [6.07, 6.45) is 4.19. The second-order valence-electron chi connectivity index (χ2n) is 16.5. The first-order valence-corrected chi connectivity index (χ1v) is 20.1. The molecular weight excluding hydrogens is 735 g/mol. The topological polar surface area (TPSA) is 124 Å². The van der Waals surface area contributed by atoms with Crippen LogP contribution in [-0.2, 0) is 19.7 Å². The average molecular weight is 784 g/mol. The molecule has 3 aliphatic heterocycles. The fourth-order valence-electron chi connectivity index (χ4n) is 10.3. The number of aliphatic hydroxyl groups excluding tert-OH is 2. The van der Waals surface area contributed by atoms with E-state index < -0.39 is 35.1 Å². The van der Waals surface area contributed by atoms with E-state index >= 15 is 9.59 Å². The largest absolute Gasteiger partial charge is 0.394 e. The van der Waals surface area contributed by atoms with Crippen molar-refractivity contribution in [3.05, 3.63) is 130 Å². The molecule has 11 heteroatoms. The predicted octanol–water partition coefficient (Wildman–Crippen LogP) is 7.52. The van der Waals surface area contributed by atoms with Crippen molar-refractivity contribution in [1.29, 1.82) is 0 Å². The molecule has 4 heterocycles. The smallest absolute Gasteiger partial charge is 0.238 e. The molecule has 288 valence electrons. The third kappa shape index (κ3) is 6.47. The zero-order valence-corrected chi connectivity index (χ0v) is 32.6. The lowest BCUT2D eigenvalue weighted by molar-refractivity contribution is -0.138. The van der Waals surface area contributed by atoms with Crippen LogP contribution in [0.15, 0.2) is 97.2 Å². The number of likely N-dealkylation sites (tertiary alicyclic amines) is 1. The Labute approximate surface area is 332 Å². The molecule has 4 aromatic rings. The van der Waals surface area contributed by atoms with Crippen LogP contribution >= 0.6 is 23.2 Å². The van der Waals surface area contributed by atoms with Gasteiger partial charge in [-0.15, -0.1) is 0 Å². The molecule has 0 radical (unpaired) electrons. The van der Waals surface area contributed by atoms with Gasteiger partial charge in [0, 0.05) is 28.4 Å². The molecule has 2 amide bonds. The van der Waals surface area contributed by atoms with Gasteiger partial charge in [0.15, 0.2) is 0 Å². The fourth-order valence-corrected chi connectivity index (χ4v) is 10.7. The molecule has 0 bridgehead atoms. The fraction of sp³-hybridized carbons (Fsp3) is 0.432. The number of halogens is 2. The first-order chi connectivity index (χ1) is 26.5. The van der Waals surface area contributed by atoms with Crippen LogP contribution < -0.4 is 10.6 Å². The lowest BCUT2D eigenvalue weighted by Crippen LogP contribution is -2.64. The van der Waals surface area contributed by atoms with Crippen LogP contribution in [-0.4, -0.2) is 68.9 Å². The third-order valence-corrected chi connectivity index (χ3v) is 13.4. The van der Waals surface area contributed by atoms with Gasteiger partial charge in [-0.2, -0.15) is 0 Å². The lowest BCUT2D eigenvalue weighted by Gasteiger charge is -2.56. The van der Waals surface area contributed by atoms with Gasteiger partial charge in [-0.25, -0.2) is 4.98 Å². The minimum Gasteiger partial charge on any atom is -0.394 e. The van der Waals surface area contributed by atoms with Crippen molar-refractivity contribution in [3.63, 3.8) is 0 Å². The highest BCUT2D eigenvalue weighted by atomic mass is 35.5. The maximum absolute atomic E-state index is 15.7. The summed E-state index contributed by atoms with van der Waals surface area (Å²) in [6.45, 7) is 4.68. The molecule has 1 aliphatic carbocycles. The van der Waals surface area contributed by atoms with Gasteiger partial charge in [-0.3, -0.25) is 14.5 Å². The number of benzene rings is 3. The molecule has 4 N–H and O–H groups in total. The Balaban J connectivity index is 1.44. The van der Waals surface area contributed by atoms with Crippen LogP contribution in [0.5, 0.6) is 0 Å². The molecular formula is C44H48Cl2N4O5. The van der Waals surface area contributed by atoms with Crippen LogP contribution in [0.25, 0.3) is 0 Å². The number of carbonyl (C=O) groups is 2. The number of pyridine rings is 1. The van der Waals surface area contributed by atoms with E-state index in [1.165, 1.54) is 0 Å². The molecule has 1 saturated carbocycles. The number of aromatic nitrogens is 1. The standard InChI is InChI=1S/C44H48Cl2N4O5/c1-42(2)18-20-43(21-19-42)44(33-16-13-30(45)24-34(33)49-41(44)54)36(29-17-22-47-35(46)23-29)38(40(53)48-31-14-15-32(25-51)55-26-31)50(43)37(27-9-5-3-6-10-27)39(52)28-11-7-4-8-12-28/h3-13,16-17,22-24,31-32,36-39,51-52H,14-15,18-21,25-26H2,1-2H3,(H,48,53)(H,49,54)/t31-,32+,36+,37-,38-,39+,44?/m1/s1. The number of nitrogens with zero attached hydrogens (tertiary/aromatic N) is 2. The van der Waals surface area contributed by atoms with E-state index in [0.717, 1.165) is 24.0 Å². The summed E-state index contributed by atoms with van der Waals surface area (Å²) in [5.74, 6) is -1.26. The maximum Gasteiger partial charge on any atom is 0.238 e. The van der Waals surface area contributed by atoms with Crippen molar-refractivity contribution in [3.8, 4) is 0 Å². The SMILES string of the molecule is CC1(C)CCC2(CC1)N([C@H](c1ccccc1)[C@@H](O)c1ccccc1)[C@@H](C(=O)N[C@@H]1CC[C@@H](CO)OC1)[C@H](c1ccnc(Cl)c1)C21C(=O)Nc2cc(Cl)ccc21. The predicted molar refractivity (Wildman–Crippen MR) is 213 cm³/mol. The molecule has 1 unspecified atom stereocenters. The zero-order chi connectivity index (χ0) is 38.5. The van der Waals surface area contributed by atoms with Crippen molar-refractivity contribution in [2.75, 3.05) is 18.5 Å². The number of ether oxygens (including phenoxy) is 1. The summed E-state index contributed by atoms with van der Waals surface area (Å²) in [4.78, 5) is 37.8. The quantitative estimate of drug-likeness (QED) is 0.136. The first kappa shape index (κ1) is 38.1. The Kier molecular flexibility index (Phi) is 10.3. The summed E-state index contributed by atoms with van der Waals surface area (Å²) in [5.41, 5.74) is 1.26. The van der Waals surface area contributed by atoms with Crippen LogP contribution in [0.4, 0.5) is 5.69 Å². The van der Waals surface area contributed by atoms with Gasteiger partial charge in [0.05, 0.1) is 43.5 Å². The summed E-state index contributed by atoms with van der Waals surface area (Å²) in [6, 6.07) is 26.5.